The van der Waals surface area contributed by atoms with Crippen molar-refractivity contribution in [1.29, 1.82) is 0 Å². The van der Waals surface area contributed by atoms with Crippen LogP contribution < -0.4 is 5.32 Å². The predicted octanol–water partition coefficient (Wildman–Crippen LogP) is 3.00. The molecule has 23 heavy (non-hydrogen) atoms. The average Bonchev–Trinajstić information content (AvgIpc) is 3.06. The third kappa shape index (κ3) is 3.52. The normalized spacial score (nSPS) is 18.2. The molecule has 1 aliphatic heterocycles. The van der Waals surface area contributed by atoms with Crippen LogP contribution in [0.3, 0.4) is 0 Å². The molecule has 1 saturated heterocycles. The Morgan fingerprint density at radius 1 is 1.30 bits per heavy atom. The molecule has 7 heteroatoms. The maximum absolute atomic E-state index is 12.6. The molecular formula is C16H18Cl2N4O. The zero-order valence-corrected chi connectivity index (χ0v) is 14.3. The van der Waals surface area contributed by atoms with Crippen LogP contribution in [0.5, 0.6) is 0 Å². The van der Waals surface area contributed by atoms with E-state index in [2.05, 4.69) is 10.4 Å². The topological polar surface area (TPSA) is 50.2 Å². The van der Waals surface area contributed by atoms with Crippen molar-refractivity contribution in [3.63, 3.8) is 0 Å². The fourth-order valence-electron chi connectivity index (χ4n) is 2.77. The van der Waals surface area contributed by atoms with E-state index in [-0.39, 0.29) is 5.91 Å². The van der Waals surface area contributed by atoms with Crippen molar-refractivity contribution in [2.45, 2.75) is 18.9 Å². The summed E-state index contributed by atoms with van der Waals surface area (Å²) in [5.74, 6) is -0.0382. The number of carbonyl (C=O) groups excluding carboxylic acids is 1. The highest BCUT2D eigenvalue weighted by molar-refractivity contribution is 6.42. The fourth-order valence-corrected chi connectivity index (χ4v) is 3.06. The van der Waals surface area contributed by atoms with Crippen molar-refractivity contribution < 1.29 is 4.79 Å². The number of hydrogen-bond donors (Lipinski definition) is 1. The molecule has 1 atom stereocenters. The van der Waals surface area contributed by atoms with E-state index in [1.54, 1.807) is 29.1 Å². The number of nitrogens with zero attached hydrogens (tertiary/aromatic N) is 3. The lowest BCUT2D eigenvalue weighted by Gasteiger charge is -2.32. The van der Waals surface area contributed by atoms with Crippen LogP contribution in [-0.2, 0) is 0 Å². The lowest BCUT2D eigenvalue weighted by atomic mass is 10.1. The minimum absolute atomic E-state index is 0.0382. The van der Waals surface area contributed by atoms with E-state index in [0.717, 1.165) is 31.6 Å². The lowest BCUT2D eigenvalue weighted by molar-refractivity contribution is 0.0691. The van der Waals surface area contributed by atoms with Gasteiger partial charge >= 0.3 is 0 Å². The Bertz CT molecular complexity index is 716. The van der Waals surface area contributed by atoms with E-state index in [9.17, 15) is 4.79 Å². The van der Waals surface area contributed by atoms with E-state index in [1.807, 2.05) is 18.0 Å². The molecule has 3 rings (SSSR count). The predicted molar refractivity (Wildman–Crippen MR) is 91.6 cm³/mol. The maximum Gasteiger partial charge on any atom is 0.274 e. The number of hydrogen-bond acceptors (Lipinski definition) is 3. The van der Waals surface area contributed by atoms with Crippen molar-refractivity contribution >= 4 is 29.1 Å². The van der Waals surface area contributed by atoms with E-state index in [4.69, 9.17) is 23.2 Å². The highest BCUT2D eigenvalue weighted by atomic mass is 35.5. The van der Waals surface area contributed by atoms with Gasteiger partial charge < -0.3 is 10.2 Å². The largest absolute Gasteiger partial charge is 0.336 e. The third-order valence-corrected chi connectivity index (χ3v) is 4.83. The first kappa shape index (κ1) is 16.3. The summed E-state index contributed by atoms with van der Waals surface area (Å²) >= 11 is 12.0. The Balaban J connectivity index is 1.78. The van der Waals surface area contributed by atoms with Crippen LogP contribution in [0.15, 0.2) is 30.5 Å². The summed E-state index contributed by atoms with van der Waals surface area (Å²) in [5, 5.41) is 8.57. The molecule has 0 aliphatic carbocycles. The Hall–Kier alpha value is -1.56. The second kappa shape index (κ2) is 6.91. The molecule has 2 aromatic rings. The highest BCUT2D eigenvalue weighted by Gasteiger charge is 2.25. The van der Waals surface area contributed by atoms with Gasteiger partial charge in [-0.15, -0.1) is 0 Å². The van der Waals surface area contributed by atoms with Crippen molar-refractivity contribution in [2.24, 2.45) is 0 Å². The highest BCUT2D eigenvalue weighted by Crippen LogP contribution is 2.24. The number of nitrogens with one attached hydrogen (secondary N) is 1. The molecule has 0 spiro atoms. The summed E-state index contributed by atoms with van der Waals surface area (Å²) in [6, 6.07) is 7.33. The number of halogens is 2. The van der Waals surface area contributed by atoms with Crippen LogP contribution in [0.25, 0.3) is 5.69 Å². The molecule has 1 unspecified atom stereocenters. The Kier molecular flexibility index (Phi) is 4.90. The number of likely N-dealkylation sites (tertiary alicyclic amines) is 1. The average molecular weight is 353 g/mol. The number of carbonyl (C=O) groups is 1. The van der Waals surface area contributed by atoms with Gasteiger partial charge in [0.2, 0.25) is 0 Å². The van der Waals surface area contributed by atoms with Crippen molar-refractivity contribution in [1.82, 2.24) is 20.0 Å². The number of likely N-dealkylation sites (N-methyl/N-ethyl adjacent to an activating group) is 1. The van der Waals surface area contributed by atoms with Gasteiger partial charge in [0, 0.05) is 25.3 Å². The molecule has 1 aromatic heterocycles. The van der Waals surface area contributed by atoms with Gasteiger partial charge in [0.1, 0.15) is 0 Å². The maximum atomic E-state index is 12.6. The molecule has 1 N–H and O–H groups in total. The molecule has 0 bridgehead atoms. The molecule has 122 valence electrons. The summed E-state index contributed by atoms with van der Waals surface area (Å²) in [7, 11) is 1.93. The molecular weight excluding hydrogens is 335 g/mol. The summed E-state index contributed by atoms with van der Waals surface area (Å²) < 4.78 is 1.63. The van der Waals surface area contributed by atoms with E-state index in [1.165, 1.54) is 0 Å². The van der Waals surface area contributed by atoms with Gasteiger partial charge in [0.15, 0.2) is 5.69 Å². The van der Waals surface area contributed by atoms with Crippen LogP contribution in [-0.4, -0.2) is 46.8 Å². The van der Waals surface area contributed by atoms with E-state index >= 15 is 0 Å². The van der Waals surface area contributed by atoms with Gasteiger partial charge in [-0.1, -0.05) is 23.2 Å². The zero-order valence-electron chi connectivity index (χ0n) is 12.8. The first-order chi connectivity index (χ1) is 11.1. The molecule has 1 amide bonds. The van der Waals surface area contributed by atoms with Gasteiger partial charge in [-0.2, -0.15) is 5.10 Å². The second-order valence-electron chi connectivity index (χ2n) is 5.62. The lowest BCUT2D eigenvalue weighted by Crippen LogP contribution is -2.47. The molecule has 5 nitrogen and oxygen atoms in total. The van der Waals surface area contributed by atoms with Crippen molar-refractivity contribution in [3.05, 3.63) is 46.2 Å². The van der Waals surface area contributed by atoms with Crippen LogP contribution in [0.2, 0.25) is 10.0 Å². The Morgan fingerprint density at radius 2 is 2.13 bits per heavy atom. The first-order valence-electron chi connectivity index (χ1n) is 7.56. The van der Waals surface area contributed by atoms with Gasteiger partial charge in [0.05, 0.1) is 15.7 Å². The summed E-state index contributed by atoms with van der Waals surface area (Å²) in [6.07, 6.45) is 3.86. The minimum atomic E-state index is -0.0382. The van der Waals surface area contributed by atoms with Crippen LogP contribution in [0, 0.1) is 0 Å². The molecule has 2 heterocycles. The van der Waals surface area contributed by atoms with E-state index in [0.29, 0.717) is 21.8 Å². The quantitative estimate of drug-likeness (QED) is 0.923. The number of amides is 1. The monoisotopic (exact) mass is 352 g/mol. The summed E-state index contributed by atoms with van der Waals surface area (Å²) in [4.78, 5) is 14.5. The van der Waals surface area contributed by atoms with Crippen LogP contribution in [0.1, 0.15) is 23.3 Å². The molecule has 1 aromatic carbocycles. The number of aromatic nitrogens is 2. The van der Waals surface area contributed by atoms with Crippen molar-refractivity contribution in [3.8, 4) is 5.69 Å². The van der Waals surface area contributed by atoms with Gasteiger partial charge in [-0.05, 0) is 44.2 Å². The Morgan fingerprint density at radius 3 is 2.87 bits per heavy atom. The molecule has 1 fully saturated rings. The molecule has 0 radical (unpaired) electrons. The van der Waals surface area contributed by atoms with Crippen LogP contribution in [0.4, 0.5) is 0 Å². The number of piperidine rings is 1. The minimum Gasteiger partial charge on any atom is -0.336 e. The van der Waals surface area contributed by atoms with E-state index < -0.39 is 0 Å². The summed E-state index contributed by atoms with van der Waals surface area (Å²) in [6.45, 7) is 1.49. The van der Waals surface area contributed by atoms with Gasteiger partial charge in [-0.25, -0.2) is 4.68 Å². The van der Waals surface area contributed by atoms with Crippen molar-refractivity contribution in [2.75, 3.05) is 20.1 Å². The smallest absolute Gasteiger partial charge is 0.274 e. The van der Waals surface area contributed by atoms with Gasteiger partial charge in [0.25, 0.3) is 5.91 Å². The SMILES string of the molecule is CNC1CCCN(C(=O)c2ccn(-c3ccc(Cl)c(Cl)c3)n2)C1. The third-order valence-electron chi connectivity index (χ3n) is 4.09. The standard InChI is InChI=1S/C16H18Cl2N4O/c1-19-11-3-2-7-21(10-11)16(23)15-6-8-22(20-15)12-4-5-13(17)14(18)9-12/h4-6,8-9,11,19H,2-3,7,10H2,1H3. The number of benzene rings is 1. The number of rotatable bonds is 3. The first-order valence-corrected chi connectivity index (χ1v) is 8.31. The molecule has 1 aliphatic rings. The summed E-state index contributed by atoms with van der Waals surface area (Å²) in [5.41, 5.74) is 1.21. The zero-order chi connectivity index (χ0) is 16.4. The molecule has 0 saturated carbocycles. The van der Waals surface area contributed by atoms with Gasteiger partial charge in [-0.3, -0.25) is 4.79 Å². The fraction of sp³-hybridized carbons (Fsp3) is 0.375. The van der Waals surface area contributed by atoms with Crippen LogP contribution >= 0.6 is 23.2 Å². The second-order valence-corrected chi connectivity index (χ2v) is 6.44. The Labute approximate surface area is 145 Å².